The lowest BCUT2D eigenvalue weighted by Crippen LogP contribution is -2.40. The van der Waals surface area contributed by atoms with Crippen LogP contribution in [0, 0.1) is 0 Å². The topological polar surface area (TPSA) is 63.2 Å². The summed E-state index contributed by atoms with van der Waals surface area (Å²) >= 11 is 13.3. The van der Waals surface area contributed by atoms with E-state index in [0.29, 0.717) is 22.2 Å². The van der Waals surface area contributed by atoms with Gasteiger partial charge in [-0.1, -0.05) is 29.3 Å². The SMILES string of the molecule is C[C@H](SCc1ccc(Cl)c(Cl)c1)C(=O)N[C@@H]1CCS(=O)(=O)C1. The van der Waals surface area contributed by atoms with E-state index < -0.39 is 9.84 Å². The first-order valence-electron chi connectivity index (χ1n) is 6.83. The van der Waals surface area contributed by atoms with Crippen molar-refractivity contribution in [2.45, 2.75) is 30.4 Å². The number of amides is 1. The number of hydrogen-bond donors (Lipinski definition) is 1. The van der Waals surface area contributed by atoms with Crippen molar-refractivity contribution in [2.24, 2.45) is 0 Å². The van der Waals surface area contributed by atoms with Crippen molar-refractivity contribution in [3.63, 3.8) is 0 Å². The fourth-order valence-corrected chi connectivity index (χ4v) is 4.99. The molecule has 1 aromatic carbocycles. The highest BCUT2D eigenvalue weighted by atomic mass is 35.5. The summed E-state index contributed by atoms with van der Waals surface area (Å²) in [6.45, 7) is 1.81. The van der Waals surface area contributed by atoms with Crippen LogP contribution in [0.15, 0.2) is 18.2 Å². The highest BCUT2D eigenvalue weighted by Crippen LogP contribution is 2.26. The molecule has 4 nitrogen and oxygen atoms in total. The Kier molecular flexibility index (Phi) is 6.05. The number of sulfone groups is 1. The molecule has 2 rings (SSSR count). The van der Waals surface area contributed by atoms with E-state index in [9.17, 15) is 13.2 Å². The molecule has 1 aliphatic heterocycles. The maximum Gasteiger partial charge on any atom is 0.233 e. The summed E-state index contributed by atoms with van der Waals surface area (Å²) in [5, 5.41) is 3.54. The maximum atomic E-state index is 12.1. The number of carbonyl (C=O) groups excluding carboxylic acids is 1. The van der Waals surface area contributed by atoms with Crippen LogP contribution in [0.2, 0.25) is 10.0 Å². The number of halogens is 2. The Morgan fingerprint density at radius 3 is 2.73 bits per heavy atom. The Hall–Kier alpha value is -0.430. The number of carbonyl (C=O) groups is 1. The van der Waals surface area contributed by atoms with Crippen LogP contribution in [0.25, 0.3) is 0 Å². The number of thioether (sulfide) groups is 1. The average Bonchev–Trinajstić information content (AvgIpc) is 2.78. The standard InChI is InChI=1S/C14H17Cl2NO3S2/c1-9(14(18)17-11-4-5-22(19,20)8-11)21-7-10-2-3-12(15)13(16)6-10/h2-3,6,9,11H,4-5,7-8H2,1H3,(H,17,18)/t9-,11+/m0/s1. The van der Waals surface area contributed by atoms with E-state index in [1.165, 1.54) is 11.8 Å². The molecule has 0 spiro atoms. The van der Waals surface area contributed by atoms with Crippen LogP contribution in [0.5, 0.6) is 0 Å². The van der Waals surface area contributed by atoms with Gasteiger partial charge in [0.25, 0.3) is 0 Å². The second-order valence-electron chi connectivity index (χ2n) is 5.31. The molecule has 0 unspecified atom stereocenters. The molecule has 1 amide bonds. The monoisotopic (exact) mass is 381 g/mol. The molecule has 1 saturated heterocycles. The van der Waals surface area contributed by atoms with E-state index in [1.54, 1.807) is 19.1 Å². The lowest BCUT2D eigenvalue weighted by atomic mass is 10.2. The minimum Gasteiger partial charge on any atom is -0.351 e. The summed E-state index contributed by atoms with van der Waals surface area (Å²) < 4.78 is 22.8. The van der Waals surface area contributed by atoms with Gasteiger partial charge >= 0.3 is 0 Å². The van der Waals surface area contributed by atoms with Crippen molar-refractivity contribution in [3.05, 3.63) is 33.8 Å². The van der Waals surface area contributed by atoms with Gasteiger partial charge < -0.3 is 5.32 Å². The summed E-state index contributed by atoms with van der Waals surface area (Å²) in [6.07, 6.45) is 0.498. The predicted molar refractivity (Wildman–Crippen MR) is 92.4 cm³/mol. The quantitative estimate of drug-likeness (QED) is 0.851. The Labute approximate surface area is 144 Å². The van der Waals surface area contributed by atoms with Crippen molar-refractivity contribution in [2.75, 3.05) is 11.5 Å². The first kappa shape index (κ1) is 17.9. The van der Waals surface area contributed by atoms with Gasteiger partial charge in [0.1, 0.15) is 0 Å². The Bertz CT molecular complexity index is 664. The molecule has 0 bridgehead atoms. The van der Waals surface area contributed by atoms with Crippen molar-refractivity contribution < 1.29 is 13.2 Å². The highest BCUT2D eigenvalue weighted by molar-refractivity contribution is 7.99. The number of benzene rings is 1. The van der Waals surface area contributed by atoms with E-state index in [2.05, 4.69) is 5.32 Å². The minimum atomic E-state index is -2.98. The van der Waals surface area contributed by atoms with Gasteiger partial charge in [-0.25, -0.2) is 8.42 Å². The van der Waals surface area contributed by atoms with Gasteiger partial charge in [0.05, 0.1) is 26.8 Å². The van der Waals surface area contributed by atoms with Gasteiger partial charge in [-0.3, -0.25) is 4.79 Å². The summed E-state index contributed by atoms with van der Waals surface area (Å²) in [7, 11) is -2.98. The molecule has 0 aliphatic carbocycles. The third-order valence-electron chi connectivity index (χ3n) is 3.43. The molecule has 8 heteroatoms. The normalized spacial score (nSPS) is 21.5. The lowest BCUT2D eigenvalue weighted by Gasteiger charge is -2.15. The zero-order valence-electron chi connectivity index (χ0n) is 12.0. The summed E-state index contributed by atoms with van der Waals surface area (Å²) in [4.78, 5) is 12.1. The molecule has 1 aliphatic rings. The second kappa shape index (κ2) is 7.43. The summed E-state index contributed by atoms with van der Waals surface area (Å²) in [5.74, 6) is 0.701. The molecule has 22 heavy (non-hydrogen) atoms. The van der Waals surface area contributed by atoms with Gasteiger partial charge in [0.2, 0.25) is 5.91 Å². The van der Waals surface area contributed by atoms with Crippen LogP contribution in [0.4, 0.5) is 0 Å². The van der Waals surface area contributed by atoms with Crippen LogP contribution >= 0.6 is 35.0 Å². The Morgan fingerprint density at radius 2 is 2.14 bits per heavy atom. The largest absolute Gasteiger partial charge is 0.351 e. The van der Waals surface area contributed by atoms with Crippen LogP contribution in [0.3, 0.4) is 0 Å². The van der Waals surface area contributed by atoms with Crippen LogP contribution in [-0.2, 0) is 20.4 Å². The number of nitrogens with one attached hydrogen (secondary N) is 1. The molecule has 2 atom stereocenters. The first-order valence-corrected chi connectivity index (χ1v) is 10.5. The van der Waals surface area contributed by atoms with Crippen molar-refractivity contribution in [3.8, 4) is 0 Å². The van der Waals surface area contributed by atoms with Crippen molar-refractivity contribution in [1.29, 1.82) is 0 Å². The van der Waals surface area contributed by atoms with E-state index in [4.69, 9.17) is 23.2 Å². The Balaban J connectivity index is 1.82. The van der Waals surface area contributed by atoms with Gasteiger partial charge in [-0.05, 0) is 31.0 Å². The molecular weight excluding hydrogens is 365 g/mol. The van der Waals surface area contributed by atoms with Crippen LogP contribution < -0.4 is 5.32 Å². The van der Waals surface area contributed by atoms with E-state index in [0.717, 1.165) is 5.56 Å². The van der Waals surface area contributed by atoms with E-state index >= 15 is 0 Å². The van der Waals surface area contributed by atoms with Crippen LogP contribution in [0.1, 0.15) is 18.9 Å². The average molecular weight is 382 g/mol. The van der Waals surface area contributed by atoms with Gasteiger partial charge in [-0.15, -0.1) is 11.8 Å². The molecule has 0 radical (unpaired) electrons. The van der Waals surface area contributed by atoms with Gasteiger partial charge in [-0.2, -0.15) is 0 Å². The fraction of sp³-hybridized carbons (Fsp3) is 0.500. The molecule has 1 fully saturated rings. The number of hydrogen-bond acceptors (Lipinski definition) is 4. The van der Waals surface area contributed by atoms with E-state index in [-0.39, 0.29) is 28.7 Å². The maximum absolute atomic E-state index is 12.1. The zero-order chi connectivity index (χ0) is 16.3. The van der Waals surface area contributed by atoms with Gasteiger partial charge in [0.15, 0.2) is 9.84 Å². The Morgan fingerprint density at radius 1 is 1.41 bits per heavy atom. The molecular formula is C14H17Cl2NO3S2. The molecule has 1 heterocycles. The lowest BCUT2D eigenvalue weighted by molar-refractivity contribution is -0.120. The predicted octanol–water partition coefficient (Wildman–Crippen LogP) is 2.92. The molecule has 1 aromatic rings. The molecule has 122 valence electrons. The van der Waals surface area contributed by atoms with E-state index in [1.807, 2.05) is 6.07 Å². The summed E-state index contributed by atoms with van der Waals surface area (Å²) in [6, 6.07) is 5.12. The minimum absolute atomic E-state index is 0.0446. The third-order valence-corrected chi connectivity index (χ3v) is 7.15. The third kappa shape index (κ3) is 5.05. The number of rotatable bonds is 5. The van der Waals surface area contributed by atoms with Crippen LogP contribution in [-0.4, -0.2) is 37.1 Å². The van der Waals surface area contributed by atoms with Gasteiger partial charge in [0, 0.05) is 11.8 Å². The summed E-state index contributed by atoms with van der Waals surface area (Å²) in [5.41, 5.74) is 0.988. The zero-order valence-corrected chi connectivity index (χ0v) is 15.2. The highest BCUT2D eigenvalue weighted by Gasteiger charge is 2.29. The first-order chi connectivity index (χ1) is 10.3. The second-order valence-corrected chi connectivity index (χ2v) is 9.68. The molecule has 0 aromatic heterocycles. The fourth-order valence-electron chi connectivity index (χ4n) is 2.15. The van der Waals surface area contributed by atoms with Crippen molar-refractivity contribution >= 4 is 50.7 Å². The van der Waals surface area contributed by atoms with Crippen molar-refractivity contribution in [1.82, 2.24) is 5.32 Å². The molecule has 0 saturated carbocycles. The molecule has 1 N–H and O–H groups in total. The smallest absolute Gasteiger partial charge is 0.233 e.